The van der Waals surface area contributed by atoms with Crippen molar-refractivity contribution in [2.45, 2.75) is 25.9 Å². The van der Waals surface area contributed by atoms with Gasteiger partial charge in [0, 0.05) is 29.2 Å². The van der Waals surface area contributed by atoms with Crippen molar-refractivity contribution in [3.05, 3.63) is 51.8 Å². The molecule has 1 aromatic heterocycles. The van der Waals surface area contributed by atoms with Gasteiger partial charge in [0.2, 0.25) is 11.9 Å². The molecule has 1 aromatic carbocycles. The van der Waals surface area contributed by atoms with E-state index in [0.29, 0.717) is 19.5 Å². The second kappa shape index (κ2) is 5.81. The summed E-state index contributed by atoms with van der Waals surface area (Å²) >= 11 is 3.50. The minimum Gasteiger partial charge on any atom is -0.368 e. The van der Waals surface area contributed by atoms with Crippen LogP contribution < -0.4 is 5.73 Å². The zero-order valence-corrected chi connectivity index (χ0v) is 13.0. The van der Waals surface area contributed by atoms with Gasteiger partial charge in [0.1, 0.15) is 0 Å². The Bertz CT molecular complexity index is 689. The first kappa shape index (κ1) is 14.0. The number of nitrogens with two attached hydrogens (primary N) is 1. The Hall–Kier alpha value is -1.95. The molecule has 108 valence electrons. The Morgan fingerprint density at radius 2 is 2.14 bits per heavy atom. The fourth-order valence-electron chi connectivity index (χ4n) is 2.45. The molecule has 2 heterocycles. The van der Waals surface area contributed by atoms with E-state index in [-0.39, 0.29) is 11.9 Å². The molecule has 1 aliphatic rings. The molecule has 1 amide bonds. The van der Waals surface area contributed by atoms with Crippen LogP contribution in [0.15, 0.2) is 34.9 Å². The van der Waals surface area contributed by atoms with Crippen molar-refractivity contribution in [2.75, 3.05) is 5.73 Å². The lowest BCUT2D eigenvalue weighted by Gasteiger charge is -2.15. The molecule has 0 saturated heterocycles. The molecule has 5 nitrogen and oxygen atoms in total. The van der Waals surface area contributed by atoms with Gasteiger partial charge in [-0.3, -0.25) is 4.79 Å². The quantitative estimate of drug-likeness (QED) is 0.925. The predicted octanol–water partition coefficient (Wildman–Crippen LogP) is 2.30. The molecule has 21 heavy (non-hydrogen) atoms. The molecule has 3 rings (SSSR count). The summed E-state index contributed by atoms with van der Waals surface area (Å²) < 4.78 is 1.04. The maximum atomic E-state index is 12.3. The zero-order valence-electron chi connectivity index (χ0n) is 11.4. The smallest absolute Gasteiger partial charge is 0.223 e. The van der Waals surface area contributed by atoms with Crippen LogP contribution in [0.2, 0.25) is 0 Å². The number of aryl methyl sites for hydroxylation is 1. The summed E-state index contributed by atoms with van der Waals surface area (Å²) in [5, 5.41) is 0. The number of nitrogens with zero attached hydrogens (tertiary/aromatic N) is 3. The molecule has 1 aliphatic heterocycles. The summed E-state index contributed by atoms with van der Waals surface area (Å²) in [6, 6.07) is 7.97. The van der Waals surface area contributed by atoms with Crippen LogP contribution in [0.4, 0.5) is 5.95 Å². The monoisotopic (exact) mass is 346 g/mol. The molecule has 2 aromatic rings. The van der Waals surface area contributed by atoms with Crippen molar-refractivity contribution in [1.29, 1.82) is 0 Å². The highest BCUT2D eigenvalue weighted by atomic mass is 79.9. The molecule has 2 N–H and O–H groups in total. The SMILES string of the molecule is Nc1ncc2c(n1)CN(C(=O)CCc1ccccc1Br)C2. The molecule has 0 unspecified atom stereocenters. The average molecular weight is 347 g/mol. The fraction of sp³-hybridized carbons (Fsp3) is 0.267. The number of amides is 1. The highest BCUT2D eigenvalue weighted by Crippen LogP contribution is 2.23. The second-order valence-corrected chi connectivity index (χ2v) is 5.90. The molecule has 0 fully saturated rings. The first-order valence-corrected chi connectivity index (χ1v) is 7.54. The summed E-state index contributed by atoms with van der Waals surface area (Å²) in [6.07, 6.45) is 2.92. The lowest BCUT2D eigenvalue weighted by Crippen LogP contribution is -2.25. The van der Waals surface area contributed by atoms with Crippen LogP contribution in [-0.2, 0) is 24.3 Å². The first-order valence-electron chi connectivity index (χ1n) is 6.75. The van der Waals surface area contributed by atoms with Crippen LogP contribution in [0.1, 0.15) is 23.2 Å². The average Bonchev–Trinajstić information content (AvgIpc) is 2.89. The Balaban J connectivity index is 1.62. The molecule has 6 heteroatoms. The van der Waals surface area contributed by atoms with Crippen molar-refractivity contribution in [2.24, 2.45) is 0 Å². The van der Waals surface area contributed by atoms with Gasteiger partial charge in [0.05, 0.1) is 12.2 Å². The summed E-state index contributed by atoms with van der Waals surface area (Å²) in [4.78, 5) is 22.3. The number of anilines is 1. The van der Waals surface area contributed by atoms with Gasteiger partial charge >= 0.3 is 0 Å². The van der Waals surface area contributed by atoms with E-state index in [1.165, 1.54) is 0 Å². The van der Waals surface area contributed by atoms with Gasteiger partial charge in [-0.15, -0.1) is 0 Å². The fourth-order valence-corrected chi connectivity index (χ4v) is 2.93. The Morgan fingerprint density at radius 3 is 2.95 bits per heavy atom. The van der Waals surface area contributed by atoms with E-state index in [1.54, 1.807) is 11.1 Å². The van der Waals surface area contributed by atoms with Crippen molar-refractivity contribution in [3.8, 4) is 0 Å². The zero-order chi connectivity index (χ0) is 14.8. The van der Waals surface area contributed by atoms with Crippen LogP contribution in [0.5, 0.6) is 0 Å². The highest BCUT2D eigenvalue weighted by Gasteiger charge is 2.24. The summed E-state index contributed by atoms with van der Waals surface area (Å²) in [5.41, 5.74) is 8.56. The van der Waals surface area contributed by atoms with E-state index in [1.807, 2.05) is 24.3 Å². The molecule has 0 radical (unpaired) electrons. The lowest BCUT2D eigenvalue weighted by molar-refractivity contribution is -0.131. The normalized spacial score (nSPS) is 13.3. The maximum Gasteiger partial charge on any atom is 0.223 e. The third kappa shape index (κ3) is 3.05. The minimum absolute atomic E-state index is 0.127. The third-order valence-electron chi connectivity index (χ3n) is 3.59. The molecule has 0 spiro atoms. The van der Waals surface area contributed by atoms with Gasteiger partial charge in [-0.2, -0.15) is 0 Å². The summed E-state index contributed by atoms with van der Waals surface area (Å²) in [6.45, 7) is 1.10. The summed E-state index contributed by atoms with van der Waals surface area (Å²) in [5.74, 6) is 0.388. The van der Waals surface area contributed by atoms with Crippen molar-refractivity contribution in [1.82, 2.24) is 14.9 Å². The number of hydrogen-bond acceptors (Lipinski definition) is 4. The lowest BCUT2D eigenvalue weighted by atomic mass is 10.1. The second-order valence-electron chi connectivity index (χ2n) is 5.04. The van der Waals surface area contributed by atoms with Crippen LogP contribution in [0.25, 0.3) is 0 Å². The Morgan fingerprint density at radius 1 is 1.33 bits per heavy atom. The van der Waals surface area contributed by atoms with Crippen LogP contribution in [0.3, 0.4) is 0 Å². The number of halogens is 1. The number of nitrogen functional groups attached to an aromatic ring is 1. The molecular formula is C15H15BrN4O. The van der Waals surface area contributed by atoms with Gasteiger partial charge in [-0.05, 0) is 18.1 Å². The number of benzene rings is 1. The van der Waals surface area contributed by atoms with E-state index in [4.69, 9.17) is 5.73 Å². The standard InChI is InChI=1S/C15H15BrN4O/c16-12-4-2-1-3-10(12)5-6-14(21)20-8-11-7-18-15(17)19-13(11)9-20/h1-4,7H,5-6,8-9H2,(H2,17,18,19). The Labute approximate surface area is 131 Å². The predicted molar refractivity (Wildman–Crippen MR) is 83.2 cm³/mol. The van der Waals surface area contributed by atoms with Gasteiger partial charge < -0.3 is 10.6 Å². The van der Waals surface area contributed by atoms with Crippen LogP contribution >= 0.6 is 15.9 Å². The van der Waals surface area contributed by atoms with Gasteiger partial charge in [0.15, 0.2) is 0 Å². The van der Waals surface area contributed by atoms with Crippen LogP contribution in [-0.4, -0.2) is 20.8 Å². The van der Waals surface area contributed by atoms with Crippen molar-refractivity contribution >= 4 is 27.8 Å². The van der Waals surface area contributed by atoms with E-state index >= 15 is 0 Å². The number of hydrogen-bond donors (Lipinski definition) is 1. The Kier molecular flexibility index (Phi) is 3.88. The first-order chi connectivity index (χ1) is 10.1. The maximum absolute atomic E-state index is 12.3. The van der Waals surface area contributed by atoms with Gasteiger partial charge in [-0.1, -0.05) is 34.1 Å². The van der Waals surface area contributed by atoms with Crippen LogP contribution in [0, 0.1) is 0 Å². The number of aromatic nitrogens is 2. The molecule has 0 atom stereocenters. The number of carbonyl (C=O) groups excluding carboxylic acids is 1. The van der Waals surface area contributed by atoms with E-state index in [2.05, 4.69) is 25.9 Å². The molecular weight excluding hydrogens is 332 g/mol. The minimum atomic E-state index is 0.127. The van der Waals surface area contributed by atoms with Crippen molar-refractivity contribution in [3.63, 3.8) is 0 Å². The van der Waals surface area contributed by atoms with Crippen molar-refractivity contribution < 1.29 is 4.79 Å². The molecule has 0 aliphatic carbocycles. The molecule has 0 saturated carbocycles. The molecule has 0 bridgehead atoms. The van der Waals surface area contributed by atoms with E-state index in [0.717, 1.165) is 27.7 Å². The van der Waals surface area contributed by atoms with E-state index < -0.39 is 0 Å². The highest BCUT2D eigenvalue weighted by molar-refractivity contribution is 9.10. The topological polar surface area (TPSA) is 72.1 Å². The summed E-state index contributed by atoms with van der Waals surface area (Å²) in [7, 11) is 0. The van der Waals surface area contributed by atoms with Gasteiger partial charge in [0.25, 0.3) is 0 Å². The third-order valence-corrected chi connectivity index (χ3v) is 4.37. The van der Waals surface area contributed by atoms with Gasteiger partial charge in [-0.25, -0.2) is 9.97 Å². The van der Waals surface area contributed by atoms with E-state index in [9.17, 15) is 4.79 Å². The number of rotatable bonds is 3. The number of fused-ring (bicyclic) bond motifs is 1. The number of carbonyl (C=O) groups is 1. The largest absolute Gasteiger partial charge is 0.368 e.